The van der Waals surface area contributed by atoms with E-state index in [2.05, 4.69) is 0 Å². The van der Waals surface area contributed by atoms with E-state index in [4.69, 9.17) is 5.73 Å². The Bertz CT molecular complexity index is 317. The maximum absolute atomic E-state index is 12.8. The van der Waals surface area contributed by atoms with E-state index < -0.39 is 29.7 Å². The molecule has 2 unspecified atom stereocenters. The third-order valence-corrected chi connectivity index (χ3v) is 2.04. The Kier molecular flexibility index (Phi) is 0.918. The largest absolute Gasteiger partial charge is 0.367 e. The maximum Gasteiger partial charge on any atom is 0.327 e. The second kappa shape index (κ2) is 1.57. The van der Waals surface area contributed by atoms with Crippen molar-refractivity contribution in [3.8, 4) is 0 Å². The molecule has 4 amide bonds. The summed E-state index contributed by atoms with van der Waals surface area (Å²) in [6.45, 7) is 0. The molecule has 0 radical (unpaired) electrons. The highest BCUT2D eigenvalue weighted by molar-refractivity contribution is 6.25. The first-order valence-corrected chi connectivity index (χ1v) is 3.11. The van der Waals surface area contributed by atoms with Crippen molar-refractivity contribution < 1.29 is 18.8 Å². The van der Waals surface area contributed by atoms with Gasteiger partial charge in [0.15, 0.2) is 0 Å². The van der Waals surface area contributed by atoms with E-state index in [1.807, 2.05) is 0 Å². The van der Waals surface area contributed by atoms with Crippen molar-refractivity contribution in [3.63, 3.8) is 0 Å². The molecule has 0 aromatic heterocycles. The van der Waals surface area contributed by atoms with Gasteiger partial charge in [0.2, 0.25) is 6.30 Å². The molecule has 0 saturated carbocycles. The molecule has 0 aromatic rings. The molecule has 0 spiro atoms. The van der Waals surface area contributed by atoms with Gasteiger partial charge in [-0.05, 0) is 0 Å². The number of nitrogens with one attached hydrogen (secondary N) is 1. The first-order chi connectivity index (χ1) is 5.52. The smallest absolute Gasteiger partial charge is 0.327 e. The van der Waals surface area contributed by atoms with Crippen molar-refractivity contribution in [1.82, 2.24) is 10.2 Å². The van der Waals surface area contributed by atoms with Gasteiger partial charge in [0.05, 0.1) is 0 Å². The first kappa shape index (κ1) is 7.01. The van der Waals surface area contributed by atoms with Gasteiger partial charge in [-0.3, -0.25) is 19.8 Å². The quantitative estimate of drug-likeness (QED) is 0.209. The zero-order valence-electron chi connectivity index (χ0n) is 5.70. The predicted octanol–water partition coefficient (Wildman–Crippen LogP) is -1.93. The predicted molar refractivity (Wildman–Crippen MR) is 32.2 cm³/mol. The minimum atomic E-state index is -2.04. The number of hydrogen-bond donors (Lipinski definition) is 2. The van der Waals surface area contributed by atoms with Crippen molar-refractivity contribution in [2.24, 2.45) is 5.73 Å². The third-order valence-electron chi connectivity index (χ3n) is 2.04. The average molecular weight is 173 g/mol. The number of rotatable bonds is 1. The van der Waals surface area contributed by atoms with Gasteiger partial charge in [0.1, 0.15) is 0 Å². The number of nitrogens with two attached hydrogens (primary N) is 1. The lowest BCUT2D eigenvalue weighted by Crippen LogP contribution is -2.44. The molecular weight excluding hydrogens is 169 g/mol. The third kappa shape index (κ3) is 0.430. The Morgan fingerprint density at radius 3 is 2.50 bits per heavy atom. The van der Waals surface area contributed by atoms with Crippen LogP contribution in [-0.4, -0.2) is 34.6 Å². The molecule has 2 saturated heterocycles. The number of hydrogen-bond acceptors (Lipinski definition) is 3. The molecule has 0 aromatic carbocycles. The number of amides is 4. The van der Waals surface area contributed by atoms with Gasteiger partial charge in [-0.15, -0.1) is 0 Å². The van der Waals surface area contributed by atoms with Gasteiger partial charge in [-0.25, -0.2) is 9.18 Å². The van der Waals surface area contributed by atoms with Crippen molar-refractivity contribution in [2.75, 3.05) is 0 Å². The van der Waals surface area contributed by atoms with Gasteiger partial charge in [-0.1, -0.05) is 0 Å². The van der Waals surface area contributed by atoms with Crippen LogP contribution in [0.1, 0.15) is 0 Å². The summed E-state index contributed by atoms with van der Waals surface area (Å²) in [6, 6.07) is -0.911. The lowest BCUT2D eigenvalue weighted by molar-refractivity contribution is -0.130. The molecule has 64 valence electrons. The van der Waals surface area contributed by atoms with Crippen LogP contribution < -0.4 is 11.1 Å². The SMILES string of the molecule is NC(=O)C12C(=O)NC(=O)N1C2F. The number of nitrogens with zero attached hydrogens (tertiary/aromatic N) is 1. The molecule has 0 bridgehead atoms. The van der Waals surface area contributed by atoms with Crippen LogP contribution in [0.25, 0.3) is 0 Å². The molecule has 7 heteroatoms. The van der Waals surface area contributed by atoms with Crippen LogP contribution in [0.2, 0.25) is 0 Å². The molecule has 2 aliphatic rings. The summed E-state index contributed by atoms with van der Waals surface area (Å²) in [5.41, 5.74) is 2.74. The fourth-order valence-electron chi connectivity index (χ4n) is 1.34. The highest BCUT2D eigenvalue weighted by Gasteiger charge is 2.80. The zero-order chi connectivity index (χ0) is 9.09. The summed E-state index contributed by atoms with van der Waals surface area (Å²) in [6.07, 6.45) is -1.89. The average Bonchev–Trinajstić information content (AvgIpc) is 2.46. The van der Waals surface area contributed by atoms with Crippen molar-refractivity contribution in [2.45, 2.75) is 11.8 Å². The summed E-state index contributed by atoms with van der Waals surface area (Å²) < 4.78 is 12.8. The maximum atomic E-state index is 12.8. The number of urea groups is 1. The second-order valence-corrected chi connectivity index (χ2v) is 2.60. The fourth-order valence-corrected chi connectivity index (χ4v) is 1.34. The van der Waals surface area contributed by atoms with E-state index in [0.29, 0.717) is 4.90 Å². The molecular formula is C5H4FN3O3. The molecule has 12 heavy (non-hydrogen) atoms. The van der Waals surface area contributed by atoms with E-state index in [-0.39, 0.29) is 0 Å². The lowest BCUT2D eigenvalue weighted by Gasteiger charge is -1.98. The molecule has 3 N–H and O–H groups in total. The standard InChI is InChI=1S/C5H4FN3O3/c6-1-5(2(7)10)3(11)8-4(12)9(1)5/h1H,(H2,7,10)(H,8,11,12). The lowest BCUT2D eigenvalue weighted by atomic mass is 10.1. The van der Waals surface area contributed by atoms with Gasteiger partial charge in [0.25, 0.3) is 17.4 Å². The van der Waals surface area contributed by atoms with E-state index in [9.17, 15) is 18.8 Å². The molecule has 2 rings (SSSR count). The second-order valence-electron chi connectivity index (χ2n) is 2.60. The first-order valence-electron chi connectivity index (χ1n) is 3.11. The van der Waals surface area contributed by atoms with Crippen LogP contribution >= 0.6 is 0 Å². The van der Waals surface area contributed by atoms with Crippen LogP contribution in [0.15, 0.2) is 0 Å². The van der Waals surface area contributed by atoms with E-state index >= 15 is 0 Å². The van der Waals surface area contributed by atoms with Gasteiger partial charge in [0, 0.05) is 0 Å². The number of primary amides is 1. The summed E-state index contributed by atoms with van der Waals surface area (Å²) in [4.78, 5) is 32.7. The van der Waals surface area contributed by atoms with E-state index in [1.54, 1.807) is 5.32 Å². The van der Waals surface area contributed by atoms with E-state index in [0.717, 1.165) is 0 Å². The van der Waals surface area contributed by atoms with Crippen molar-refractivity contribution in [1.29, 1.82) is 0 Å². The van der Waals surface area contributed by atoms with Crippen molar-refractivity contribution in [3.05, 3.63) is 0 Å². The molecule has 2 aliphatic heterocycles. The Morgan fingerprint density at radius 2 is 2.25 bits per heavy atom. The summed E-state index contributed by atoms with van der Waals surface area (Å²) in [5.74, 6) is -2.12. The van der Waals surface area contributed by atoms with Crippen LogP contribution in [0, 0.1) is 0 Å². The molecule has 2 heterocycles. The number of imide groups is 1. The van der Waals surface area contributed by atoms with Gasteiger partial charge in [-0.2, -0.15) is 0 Å². The highest BCUT2D eigenvalue weighted by atomic mass is 19.1. The number of halogens is 1. The number of alkyl halides is 1. The van der Waals surface area contributed by atoms with Crippen LogP contribution in [0.3, 0.4) is 0 Å². The number of carbonyl (C=O) groups excluding carboxylic acids is 3. The normalized spacial score (nSPS) is 37.8. The number of carbonyl (C=O) groups is 3. The van der Waals surface area contributed by atoms with E-state index in [1.165, 1.54) is 0 Å². The molecule has 2 fully saturated rings. The monoisotopic (exact) mass is 173 g/mol. The van der Waals surface area contributed by atoms with Crippen LogP contribution in [-0.2, 0) is 9.59 Å². The fraction of sp³-hybridized carbons (Fsp3) is 0.400. The summed E-state index contributed by atoms with van der Waals surface area (Å²) in [5, 5.41) is 1.78. The topological polar surface area (TPSA) is 92.3 Å². The molecule has 2 atom stereocenters. The summed E-state index contributed by atoms with van der Waals surface area (Å²) >= 11 is 0. The molecule has 6 nitrogen and oxygen atoms in total. The minimum absolute atomic E-state index is 0.484. The van der Waals surface area contributed by atoms with Gasteiger partial charge < -0.3 is 5.73 Å². The Hall–Kier alpha value is -1.66. The number of fused-ring (bicyclic) bond motifs is 1. The molecule has 0 aliphatic carbocycles. The van der Waals surface area contributed by atoms with Crippen molar-refractivity contribution >= 4 is 17.8 Å². The summed E-state index contributed by atoms with van der Waals surface area (Å²) in [7, 11) is 0. The Balaban J connectivity index is 2.46. The van der Waals surface area contributed by atoms with Crippen LogP contribution in [0.5, 0.6) is 0 Å². The van der Waals surface area contributed by atoms with Gasteiger partial charge >= 0.3 is 6.03 Å². The minimum Gasteiger partial charge on any atom is -0.367 e. The van der Waals surface area contributed by atoms with Crippen LogP contribution in [0.4, 0.5) is 9.18 Å². The Morgan fingerprint density at radius 1 is 1.67 bits per heavy atom. The highest BCUT2D eigenvalue weighted by Crippen LogP contribution is 2.45. The Labute approximate surface area is 65.5 Å². The zero-order valence-corrected chi connectivity index (χ0v) is 5.70.